The van der Waals surface area contributed by atoms with Gasteiger partial charge in [0.1, 0.15) is 6.61 Å². The number of nitrogens with zero attached hydrogens (tertiary/aromatic N) is 1. The highest BCUT2D eigenvalue weighted by molar-refractivity contribution is 5.85. The standard InChI is InChI=1S/C9H17NO2.C3H5NO/c1-4-9(11)12-8-7-10(5-2)6-3;1-2-3(4)5/h4H,1,5-8H2,2-3H3;2H,1H2,(H2,4,5). The zero-order valence-corrected chi connectivity index (χ0v) is 10.6. The van der Waals surface area contributed by atoms with E-state index in [0.717, 1.165) is 25.7 Å². The van der Waals surface area contributed by atoms with Crippen LogP contribution in [0.3, 0.4) is 0 Å². The molecule has 0 heterocycles. The number of ether oxygens (including phenoxy) is 1. The van der Waals surface area contributed by atoms with E-state index in [4.69, 9.17) is 4.74 Å². The molecule has 2 N–H and O–H groups in total. The minimum absolute atomic E-state index is 0.345. The second-order valence-electron chi connectivity index (χ2n) is 3.00. The Morgan fingerprint density at radius 1 is 1.24 bits per heavy atom. The Hall–Kier alpha value is -1.62. The highest BCUT2D eigenvalue weighted by Gasteiger charge is 1.99. The molecule has 0 saturated heterocycles. The highest BCUT2D eigenvalue weighted by Crippen LogP contribution is 1.87. The first-order chi connectivity index (χ1) is 8.01. The van der Waals surface area contributed by atoms with E-state index in [1.54, 1.807) is 0 Å². The average molecular weight is 242 g/mol. The fourth-order valence-corrected chi connectivity index (χ4v) is 0.874. The van der Waals surface area contributed by atoms with Crippen molar-refractivity contribution in [3.05, 3.63) is 25.3 Å². The van der Waals surface area contributed by atoms with Gasteiger partial charge in [-0.2, -0.15) is 0 Å². The van der Waals surface area contributed by atoms with E-state index in [-0.39, 0.29) is 5.97 Å². The van der Waals surface area contributed by atoms with Crippen molar-refractivity contribution in [1.29, 1.82) is 0 Å². The van der Waals surface area contributed by atoms with E-state index in [1.165, 1.54) is 6.08 Å². The van der Waals surface area contributed by atoms with Crippen molar-refractivity contribution in [1.82, 2.24) is 4.90 Å². The van der Waals surface area contributed by atoms with Gasteiger partial charge >= 0.3 is 5.97 Å². The maximum absolute atomic E-state index is 10.6. The van der Waals surface area contributed by atoms with Crippen LogP contribution in [0.2, 0.25) is 0 Å². The lowest BCUT2D eigenvalue weighted by atomic mass is 10.5. The minimum atomic E-state index is -0.481. The van der Waals surface area contributed by atoms with Gasteiger partial charge in [-0.1, -0.05) is 27.0 Å². The number of carbonyl (C=O) groups excluding carboxylic acids is 2. The average Bonchev–Trinajstić information content (AvgIpc) is 2.35. The normalized spacial score (nSPS) is 8.88. The van der Waals surface area contributed by atoms with Crippen LogP contribution in [0.15, 0.2) is 25.3 Å². The van der Waals surface area contributed by atoms with Gasteiger partial charge in [0.25, 0.3) is 0 Å². The van der Waals surface area contributed by atoms with Crippen molar-refractivity contribution >= 4 is 11.9 Å². The quantitative estimate of drug-likeness (QED) is 0.527. The second kappa shape index (κ2) is 12.4. The molecule has 5 heteroatoms. The maximum atomic E-state index is 10.6. The fourth-order valence-electron chi connectivity index (χ4n) is 0.874. The molecule has 0 aliphatic carbocycles. The van der Waals surface area contributed by atoms with Crippen molar-refractivity contribution in [2.45, 2.75) is 13.8 Å². The Labute approximate surface area is 103 Å². The summed E-state index contributed by atoms with van der Waals surface area (Å²) in [5, 5.41) is 0. The Balaban J connectivity index is 0. The summed E-state index contributed by atoms with van der Waals surface area (Å²) in [6.07, 6.45) is 2.24. The van der Waals surface area contributed by atoms with Gasteiger partial charge in [-0.25, -0.2) is 4.79 Å². The van der Waals surface area contributed by atoms with Crippen LogP contribution in [0.5, 0.6) is 0 Å². The van der Waals surface area contributed by atoms with E-state index in [9.17, 15) is 9.59 Å². The minimum Gasteiger partial charge on any atom is -0.461 e. The molecule has 0 aliphatic heterocycles. The van der Waals surface area contributed by atoms with Crippen LogP contribution in [0.1, 0.15) is 13.8 Å². The molecule has 0 fully saturated rings. The van der Waals surface area contributed by atoms with Crippen LogP contribution in [0, 0.1) is 0 Å². The molecule has 0 rings (SSSR count). The molecule has 17 heavy (non-hydrogen) atoms. The number of esters is 1. The highest BCUT2D eigenvalue weighted by atomic mass is 16.5. The Morgan fingerprint density at radius 2 is 1.71 bits per heavy atom. The van der Waals surface area contributed by atoms with E-state index >= 15 is 0 Å². The lowest BCUT2D eigenvalue weighted by molar-refractivity contribution is -0.138. The molecule has 0 aromatic heterocycles. The topological polar surface area (TPSA) is 72.6 Å². The lowest BCUT2D eigenvalue weighted by Crippen LogP contribution is -2.27. The first kappa shape index (κ1) is 17.8. The summed E-state index contributed by atoms with van der Waals surface area (Å²) in [7, 11) is 0. The van der Waals surface area contributed by atoms with Gasteiger partial charge in [-0.05, 0) is 19.2 Å². The molecule has 0 aromatic carbocycles. The van der Waals surface area contributed by atoms with Crippen molar-refractivity contribution in [2.24, 2.45) is 5.73 Å². The zero-order chi connectivity index (χ0) is 13.7. The molecular formula is C12H22N2O3. The van der Waals surface area contributed by atoms with Gasteiger partial charge in [0.2, 0.25) is 5.91 Å². The monoisotopic (exact) mass is 242 g/mol. The summed E-state index contributed by atoms with van der Waals surface area (Å²) in [4.78, 5) is 22.3. The van der Waals surface area contributed by atoms with E-state index in [1.807, 2.05) is 0 Å². The Bertz CT molecular complexity index is 248. The van der Waals surface area contributed by atoms with Crippen LogP contribution in [0.25, 0.3) is 0 Å². The third-order valence-electron chi connectivity index (χ3n) is 1.91. The number of primary amides is 1. The number of likely N-dealkylation sites (N-methyl/N-ethyl adjacent to an activating group) is 1. The zero-order valence-electron chi connectivity index (χ0n) is 10.6. The molecule has 0 spiro atoms. The third kappa shape index (κ3) is 14.4. The fraction of sp³-hybridized carbons (Fsp3) is 0.500. The van der Waals surface area contributed by atoms with Crippen LogP contribution >= 0.6 is 0 Å². The number of carbonyl (C=O) groups is 2. The molecule has 0 unspecified atom stereocenters. The van der Waals surface area contributed by atoms with E-state index < -0.39 is 5.91 Å². The molecule has 1 amide bonds. The number of hydrogen-bond acceptors (Lipinski definition) is 4. The van der Waals surface area contributed by atoms with Crippen LogP contribution in [-0.2, 0) is 14.3 Å². The number of nitrogens with two attached hydrogens (primary N) is 1. The predicted molar refractivity (Wildman–Crippen MR) is 68.3 cm³/mol. The summed E-state index contributed by atoms with van der Waals surface area (Å²) < 4.78 is 4.83. The smallest absolute Gasteiger partial charge is 0.330 e. The van der Waals surface area contributed by atoms with Gasteiger partial charge < -0.3 is 15.4 Å². The molecule has 0 bridgehead atoms. The predicted octanol–water partition coefficient (Wildman–Crippen LogP) is 0.715. The first-order valence-electron chi connectivity index (χ1n) is 5.45. The van der Waals surface area contributed by atoms with Gasteiger partial charge in [-0.15, -0.1) is 0 Å². The van der Waals surface area contributed by atoms with Gasteiger partial charge in [0.05, 0.1) is 0 Å². The van der Waals surface area contributed by atoms with Gasteiger partial charge in [0.15, 0.2) is 0 Å². The van der Waals surface area contributed by atoms with Crippen LogP contribution in [-0.4, -0.2) is 43.0 Å². The number of hydrogen-bond donors (Lipinski definition) is 1. The maximum Gasteiger partial charge on any atom is 0.330 e. The first-order valence-corrected chi connectivity index (χ1v) is 5.45. The number of rotatable bonds is 7. The van der Waals surface area contributed by atoms with E-state index in [2.05, 4.69) is 37.6 Å². The summed E-state index contributed by atoms with van der Waals surface area (Å²) in [6.45, 7) is 13.8. The van der Waals surface area contributed by atoms with Crippen molar-refractivity contribution in [2.75, 3.05) is 26.2 Å². The van der Waals surface area contributed by atoms with Gasteiger partial charge in [0, 0.05) is 12.6 Å². The summed E-state index contributed by atoms with van der Waals surface area (Å²) in [5.74, 6) is -0.827. The molecule has 5 nitrogen and oxygen atoms in total. The summed E-state index contributed by atoms with van der Waals surface area (Å²) in [5.41, 5.74) is 4.53. The lowest BCUT2D eigenvalue weighted by Gasteiger charge is -2.16. The second-order valence-corrected chi connectivity index (χ2v) is 3.00. The molecule has 0 saturated carbocycles. The molecule has 0 aliphatic rings. The van der Waals surface area contributed by atoms with Crippen molar-refractivity contribution in [3.63, 3.8) is 0 Å². The molecule has 98 valence electrons. The van der Waals surface area contributed by atoms with Crippen LogP contribution in [0.4, 0.5) is 0 Å². The SMILES string of the molecule is C=CC(=O)OCCN(CC)CC.C=CC(N)=O. The largest absolute Gasteiger partial charge is 0.461 e. The van der Waals surface area contributed by atoms with Crippen molar-refractivity contribution in [3.8, 4) is 0 Å². The molecule has 0 aromatic rings. The van der Waals surface area contributed by atoms with Crippen LogP contribution < -0.4 is 5.73 Å². The molecular weight excluding hydrogens is 220 g/mol. The Kier molecular flexibility index (Phi) is 13.0. The Morgan fingerprint density at radius 3 is 2.00 bits per heavy atom. The van der Waals surface area contributed by atoms with Crippen molar-refractivity contribution < 1.29 is 14.3 Å². The summed E-state index contributed by atoms with van der Waals surface area (Å²) >= 11 is 0. The third-order valence-corrected chi connectivity index (χ3v) is 1.91. The van der Waals surface area contributed by atoms with Gasteiger partial charge in [-0.3, -0.25) is 4.79 Å². The number of amides is 1. The summed E-state index contributed by atoms with van der Waals surface area (Å²) in [6, 6.07) is 0. The molecule has 0 atom stereocenters. The molecule has 0 radical (unpaired) electrons. The van der Waals surface area contributed by atoms with E-state index in [0.29, 0.717) is 6.61 Å².